The minimum absolute atomic E-state index is 0.165. The second-order valence-electron chi connectivity index (χ2n) is 3.71. The van der Waals surface area contributed by atoms with Crippen LogP contribution in [0.25, 0.3) is 0 Å². The number of nitro benzene ring substituents is 1. The predicted octanol–water partition coefficient (Wildman–Crippen LogP) is 2.80. The second-order valence-corrected chi connectivity index (χ2v) is 4.57. The molecule has 0 spiro atoms. The van der Waals surface area contributed by atoms with Crippen LogP contribution in [0.2, 0.25) is 0 Å². The maximum absolute atomic E-state index is 11.1. The Morgan fingerprint density at radius 2 is 2.26 bits per heavy atom. The lowest BCUT2D eigenvalue weighted by molar-refractivity contribution is -0.384. The van der Waals surface area contributed by atoms with Crippen molar-refractivity contribution in [3.63, 3.8) is 0 Å². The molecule has 0 fully saturated rings. The smallest absolute Gasteiger partial charge is 0.338 e. The number of benzene rings is 1. The molecule has 2 rings (SSSR count). The van der Waals surface area contributed by atoms with Crippen molar-refractivity contribution in [3.05, 3.63) is 45.0 Å². The largest absolute Gasteiger partial charge is 0.478 e. The van der Waals surface area contributed by atoms with E-state index in [0.29, 0.717) is 5.13 Å². The molecule has 1 aromatic heterocycles. The first-order chi connectivity index (χ1) is 8.97. The molecule has 0 unspecified atom stereocenters. The molecule has 0 saturated heterocycles. The molecule has 0 radical (unpaired) electrons. The number of anilines is 2. The number of carbonyl (C=O) groups is 1. The Balaban J connectivity index is 2.39. The van der Waals surface area contributed by atoms with E-state index in [9.17, 15) is 14.9 Å². The van der Waals surface area contributed by atoms with Crippen molar-refractivity contribution in [1.29, 1.82) is 0 Å². The van der Waals surface area contributed by atoms with Crippen LogP contribution in [0.4, 0.5) is 16.5 Å². The lowest BCUT2D eigenvalue weighted by Gasteiger charge is -2.06. The van der Waals surface area contributed by atoms with Crippen molar-refractivity contribution in [1.82, 2.24) is 4.98 Å². The van der Waals surface area contributed by atoms with Gasteiger partial charge in [-0.2, -0.15) is 0 Å². The van der Waals surface area contributed by atoms with Gasteiger partial charge in [0, 0.05) is 17.5 Å². The summed E-state index contributed by atoms with van der Waals surface area (Å²) in [5.74, 6) is -1.24. The quantitative estimate of drug-likeness (QED) is 0.658. The number of aromatic carboxylic acids is 1. The molecule has 0 saturated carbocycles. The average Bonchev–Trinajstić information content (AvgIpc) is 2.74. The molecular weight excluding hydrogens is 270 g/mol. The van der Waals surface area contributed by atoms with Gasteiger partial charge in [0.2, 0.25) is 0 Å². The highest BCUT2D eigenvalue weighted by atomic mass is 32.1. The first-order valence-corrected chi connectivity index (χ1v) is 6.06. The number of thiazole rings is 1. The fraction of sp³-hybridized carbons (Fsp3) is 0.0909. The van der Waals surface area contributed by atoms with Crippen LogP contribution in [0, 0.1) is 17.0 Å². The Morgan fingerprint density at radius 3 is 2.79 bits per heavy atom. The number of nitro groups is 1. The zero-order chi connectivity index (χ0) is 14.0. The van der Waals surface area contributed by atoms with Crippen molar-refractivity contribution in [2.24, 2.45) is 0 Å². The SMILES string of the molecule is Cc1csc(Nc2ccc([N+](=O)[O-])cc2C(=O)O)n1. The van der Waals surface area contributed by atoms with E-state index >= 15 is 0 Å². The number of aryl methyl sites for hydroxylation is 1. The van der Waals surface area contributed by atoms with E-state index in [1.165, 1.54) is 23.5 Å². The number of carboxylic acid groups (broad SMARTS) is 1. The standard InChI is InChI=1S/C11H9N3O4S/c1-6-5-19-11(12-6)13-9-3-2-7(14(17)18)4-8(9)10(15)16/h2-5H,1H3,(H,12,13)(H,15,16). The van der Waals surface area contributed by atoms with Crippen LogP contribution in [0.1, 0.15) is 16.1 Å². The Hall–Kier alpha value is -2.48. The summed E-state index contributed by atoms with van der Waals surface area (Å²) in [5.41, 5.74) is 0.652. The second kappa shape index (κ2) is 5.02. The molecule has 98 valence electrons. The fourth-order valence-electron chi connectivity index (χ4n) is 1.46. The van der Waals surface area contributed by atoms with Gasteiger partial charge in [0.05, 0.1) is 21.9 Å². The van der Waals surface area contributed by atoms with Crippen LogP contribution in [0.15, 0.2) is 23.6 Å². The van der Waals surface area contributed by atoms with Crippen molar-refractivity contribution < 1.29 is 14.8 Å². The van der Waals surface area contributed by atoms with Crippen LogP contribution in [-0.2, 0) is 0 Å². The minimum atomic E-state index is -1.24. The number of carboxylic acids is 1. The maximum atomic E-state index is 11.1. The zero-order valence-electron chi connectivity index (χ0n) is 9.78. The minimum Gasteiger partial charge on any atom is -0.478 e. The molecule has 2 N–H and O–H groups in total. The number of rotatable bonds is 4. The van der Waals surface area contributed by atoms with E-state index in [2.05, 4.69) is 10.3 Å². The number of hydrogen-bond acceptors (Lipinski definition) is 6. The molecule has 8 heteroatoms. The van der Waals surface area contributed by atoms with E-state index in [-0.39, 0.29) is 16.9 Å². The van der Waals surface area contributed by atoms with E-state index in [0.717, 1.165) is 11.8 Å². The van der Waals surface area contributed by atoms with Gasteiger partial charge >= 0.3 is 5.97 Å². The van der Waals surface area contributed by atoms with Crippen molar-refractivity contribution in [2.75, 3.05) is 5.32 Å². The van der Waals surface area contributed by atoms with Crippen molar-refractivity contribution in [3.8, 4) is 0 Å². The normalized spacial score (nSPS) is 10.2. The molecule has 1 heterocycles. The first-order valence-electron chi connectivity index (χ1n) is 5.18. The van der Waals surface area contributed by atoms with Gasteiger partial charge in [-0.3, -0.25) is 10.1 Å². The summed E-state index contributed by atoms with van der Waals surface area (Å²) in [4.78, 5) is 25.3. The molecule has 0 aliphatic rings. The van der Waals surface area contributed by atoms with Gasteiger partial charge in [-0.15, -0.1) is 11.3 Å². The van der Waals surface area contributed by atoms with Crippen LogP contribution in [0.3, 0.4) is 0 Å². The Kier molecular flexibility index (Phi) is 3.43. The number of aromatic nitrogens is 1. The number of nitrogens with zero attached hydrogens (tertiary/aromatic N) is 2. The summed E-state index contributed by atoms with van der Waals surface area (Å²) < 4.78 is 0. The topological polar surface area (TPSA) is 105 Å². The zero-order valence-corrected chi connectivity index (χ0v) is 10.6. The molecule has 0 aliphatic heterocycles. The summed E-state index contributed by atoms with van der Waals surface area (Å²) >= 11 is 1.33. The molecule has 0 atom stereocenters. The lowest BCUT2D eigenvalue weighted by atomic mass is 10.1. The number of hydrogen-bond donors (Lipinski definition) is 2. The van der Waals surface area contributed by atoms with Gasteiger partial charge in [-0.1, -0.05) is 0 Å². The molecular formula is C11H9N3O4S. The third kappa shape index (κ3) is 2.86. The first kappa shape index (κ1) is 13.0. The van der Waals surface area contributed by atoms with E-state index in [1.54, 1.807) is 0 Å². The summed E-state index contributed by atoms with van der Waals surface area (Å²) in [6.07, 6.45) is 0. The highest BCUT2D eigenvalue weighted by molar-refractivity contribution is 7.13. The Bertz CT molecular complexity index is 653. The molecule has 0 aliphatic carbocycles. The van der Waals surface area contributed by atoms with E-state index < -0.39 is 10.9 Å². The van der Waals surface area contributed by atoms with Crippen LogP contribution < -0.4 is 5.32 Å². The molecule has 0 amide bonds. The van der Waals surface area contributed by atoms with Gasteiger partial charge in [0.25, 0.3) is 5.69 Å². The van der Waals surface area contributed by atoms with E-state index in [4.69, 9.17) is 5.11 Å². The Morgan fingerprint density at radius 1 is 1.53 bits per heavy atom. The van der Waals surface area contributed by atoms with Crippen LogP contribution >= 0.6 is 11.3 Å². The van der Waals surface area contributed by atoms with Crippen LogP contribution in [0.5, 0.6) is 0 Å². The third-order valence-electron chi connectivity index (χ3n) is 2.30. The summed E-state index contributed by atoms with van der Waals surface area (Å²) in [6.45, 7) is 1.82. The van der Waals surface area contributed by atoms with Gasteiger partial charge < -0.3 is 10.4 Å². The lowest BCUT2D eigenvalue weighted by Crippen LogP contribution is -2.03. The number of nitrogens with one attached hydrogen (secondary N) is 1. The summed E-state index contributed by atoms with van der Waals surface area (Å²) in [5, 5.41) is 24.9. The average molecular weight is 279 g/mol. The predicted molar refractivity (Wildman–Crippen MR) is 70.2 cm³/mol. The Labute approximate surface area is 111 Å². The molecule has 1 aromatic carbocycles. The van der Waals surface area contributed by atoms with Gasteiger partial charge in [0.15, 0.2) is 5.13 Å². The number of non-ortho nitro benzene ring substituents is 1. The van der Waals surface area contributed by atoms with Gasteiger partial charge in [-0.25, -0.2) is 9.78 Å². The molecule has 19 heavy (non-hydrogen) atoms. The van der Waals surface area contributed by atoms with Crippen molar-refractivity contribution >= 4 is 33.8 Å². The van der Waals surface area contributed by atoms with Gasteiger partial charge in [-0.05, 0) is 13.0 Å². The maximum Gasteiger partial charge on any atom is 0.338 e. The fourth-order valence-corrected chi connectivity index (χ4v) is 2.16. The highest BCUT2D eigenvalue weighted by Gasteiger charge is 2.16. The summed E-state index contributed by atoms with van der Waals surface area (Å²) in [6, 6.07) is 3.62. The molecule has 7 nitrogen and oxygen atoms in total. The monoisotopic (exact) mass is 279 g/mol. The van der Waals surface area contributed by atoms with Crippen molar-refractivity contribution in [2.45, 2.75) is 6.92 Å². The molecule has 2 aromatic rings. The third-order valence-corrected chi connectivity index (χ3v) is 3.18. The summed E-state index contributed by atoms with van der Waals surface area (Å²) in [7, 11) is 0. The van der Waals surface area contributed by atoms with E-state index in [1.807, 2.05) is 12.3 Å². The highest BCUT2D eigenvalue weighted by Crippen LogP contribution is 2.26. The van der Waals surface area contributed by atoms with Crippen LogP contribution in [-0.4, -0.2) is 21.0 Å². The van der Waals surface area contributed by atoms with Gasteiger partial charge in [0.1, 0.15) is 0 Å². The molecule has 0 bridgehead atoms.